The maximum atomic E-state index is 13.9. The Hall–Kier alpha value is -3.42. The first-order chi connectivity index (χ1) is 13.9. The molecule has 0 aliphatic heterocycles. The molecule has 0 radical (unpaired) electrons. The summed E-state index contributed by atoms with van der Waals surface area (Å²) in [6, 6.07) is 6.68. The summed E-state index contributed by atoms with van der Waals surface area (Å²) in [6.45, 7) is 0. The monoisotopic (exact) mass is 407 g/mol. The molecule has 0 fully saturated rings. The zero-order chi connectivity index (χ0) is 21.1. The van der Waals surface area contributed by atoms with Crippen molar-refractivity contribution in [2.24, 2.45) is 0 Å². The van der Waals surface area contributed by atoms with Gasteiger partial charge in [-0.3, -0.25) is 4.98 Å². The van der Waals surface area contributed by atoms with Crippen LogP contribution in [0.3, 0.4) is 0 Å². The van der Waals surface area contributed by atoms with Crippen molar-refractivity contribution >= 4 is 12.2 Å². The number of rotatable bonds is 5. The van der Waals surface area contributed by atoms with Gasteiger partial charge in [0.05, 0.1) is 26.0 Å². The number of hydrogen-bond acceptors (Lipinski definition) is 3. The molecule has 0 saturated heterocycles. The highest BCUT2D eigenvalue weighted by atomic mass is 19.2. The predicted octanol–water partition coefficient (Wildman–Crippen LogP) is 5.63. The Bertz CT molecular complexity index is 1070. The van der Waals surface area contributed by atoms with Crippen molar-refractivity contribution in [1.82, 2.24) is 4.98 Å². The van der Waals surface area contributed by atoms with E-state index in [0.29, 0.717) is 28.2 Å². The summed E-state index contributed by atoms with van der Waals surface area (Å²) in [5.74, 6) is -9.18. The molecule has 0 bridgehead atoms. The first-order valence-electron chi connectivity index (χ1n) is 8.24. The van der Waals surface area contributed by atoms with Gasteiger partial charge in [0.1, 0.15) is 11.5 Å². The summed E-state index contributed by atoms with van der Waals surface area (Å²) < 4.78 is 78.1. The SMILES string of the molecule is COc1cncc(-c2ccc(OC)c(/C=C/c3c(F)c(F)c(F)c(F)c3F)c2)c1. The molecule has 8 heteroatoms. The third kappa shape index (κ3) is 3.91. The van der Waals surface area contributed by atoms with Gasteiger partial charge >= 0.3 is 0 Å². The molecule has 29 heavy (non-hydrogen) atoms. The first kappa shape index (κ1) is 20.3. The molecule has 0 aliphatic rings. The Labute approximate surface area is 163 Å². The smallest absolute Gasteiger partial charge is 0.200 e. The van der Waals surface area contributed by atoms with Crippen LogP contribution in [0.15, 0.2) is 36.7 Å². The Kier molecular flexibility index (Phi) is 5.81. The number of methoxy groups -OCH3 is 2. The van der Waals surface area contributed by atoms with Crippen molar-refractivity contribution in [2.45, 2.75) is 0 Å². The molecule has 3 aromatic rings. The fourth-order valence-electron chi connectivity index (χ4n) is 2.67. The lowest BCUT2D eigenvalue weighted by Gasteiger charge is -2.09. The number of benzene rings is 2. The topological polar surface area (TPSA) is 31.4 Å². The molecule has 1 aromatic heterocycles. The van der Waals surface area contributed by atoms with Gasteiger partial charge in [0.2, 0.25) is 5.82 Å². The zero-order valence-electron chi connectivity index (χ0n) is 15.3. The van der Waals surface area contributed by atoms with E-state index in [1.165, 1.54) is 26.5 Å². The van der Waals surface area contributed by atoms with Crippen molar-refractivity contribution in [3.8, 4) is 22.6 Å². The fraction of sp³-hybridized carbons (Fsp3) is 0.0952. The Morgan fingerprint density at radius 2 is 1.38 bits per heavy atom. The minimum absolute atomic E-state index is 0.338. The molecular formula is C21H14F5NO2. The number of aromatic nitrogens is 1. The van der Waals surface area contributed by atoms with Crippen LogP contribution in [0.5, 0.6) is 11.5 Å². The number of halogens is 5. The standard InChI is InChI=1S/C21H14F5NO2/c1-28-14-8-13(9-27-10-14)11-4-6-16(29-2)12(7-11)3-5-15-17(22)19(24)21(26)20(25)18(15)23/h3-10H,1-2H3/b5-3+. The molecule has 3 nitrogen and oxygen atoms in total. The van der Waals surface area contributed by atoms with Gasteiger partial charge in [-0.2, -0.15) is 0 Å². The van der Waals surface area contributed by atoms with Gasteiger partial charge in [-0.1, -0.05) is 12.1 Å². The number of ether oxygens (including phenoxy) is 2. The van der Waals surface area contributed by atoms with E-state index < -0.39 is 34.6 Å². The molecule has 3 rings (SSSR count). The average Bonchev–Trinajstić information content (AvgIpc) is 2.76. The summed E-state index contributed by atoms with van der Waals surface area (Å²) in [5.41, 5.74) is 0.681. The largest absolute Gasteiger partial charge is 0.496 e. The van der Waals surface area contributed by atoms with Crippen molar-refractivity contribution in [3.63, 3.8) is 0 Å². The van der Waals surface area contributed by atoms with Crippen molar-refractivity contribution in [1.29, 1.82) is 0 Å². The molecule has 0 aliphatic carbocycles. The number of hydrogen-bond donors (Lipinski definition) is 0. The van der Waals surface area contributed by atoms with Crippen LogP contribution in [0.25, 0.3) is 23.3 Å². The van der Waals surface area contributed by atoms with Crippen LogP contribution in [0.4, 0.5) is 22.0 Å². The summed E-state index contributed by atoms with van der Waals surface area (Å²) in [7, 11) is 2.88. The van der Waals surface area contributed by atoms with Crippen LogP contribution in [0.1, 0.15) is 11.1 Å². The second kappa shape index (κ2) is 8.30. The molecule has 150 valence electrons. The van der Waals surface area contributed by atoms with Crippen molar-refractivity contribution < 1.29 is 31.4 Å². The highest BCUT2D eigenvalue weighted by molar-refractivity contribution is 5.77. The van der Waals surface area contributed by atoms with Gasteiger partial charge in [-0.15, -0.1) is 0 Å². The van der Waals surface area contributed by atoms with Gasteiger partial charge in [0.15, 0.2) is 23.3 Å². The lowest BCUT2D eigenvalue weighted by atomic mass is 10.0. The molecule has 0 unspecified atom stereocenters. The molecule has 0 saturated carbocycles. The zero-order valence-corrected chi connectivity index (χ0v) is 15.3. The van der Waals surface area contributed by atoms with Crippen LogP contribution >= 0.6 is 0 Å². The van der Waals surface area contributed by atoms with Crippen LogP contribution in [-0.2, 0) is 0 Å². The number of pyridine rings is 1. The second-order valence-corrected chi connectivity index (χ2v) is 5.89. The van der Waals surface area contributed by atoms with E-state index in [0.717, 1.165) is 6.08 Å². The lowest BCUT2D eigenvalue weighted by Crippen LogP contribution is -2.03. The van der Waals surface area contributed by atoms with E-state index in [1.807, 2.05) is 0 Å². The summed E-state index contributed by atoms with van der Waals surface area (Å²) in [4.78, 5) is 4.06. The van der Waals surface area contributed by atoms with Gasteiger partial charge in [0.25, 0.3) is 0 Å². The Morgan fingerprint density at radius 3 is 2.00 bits per heavy atom. The predicted molar refractivity (Wildman–Crippen MR) is 97.9 cm³/mol. The van der Waals surface area contributed by atoms with E-state index in [4.69, 9.17) is 9.47 Å². The molecule has 0 atom stereocenters. The van der Waals surface area contributed by atoms with Crippen LogP contribution in [0.2, 0.25) is 0 Å². The summed E-state index contributed by atoms with van der Waals surface area (Å²) >= 11 is 0. The molecule has 0 amide bonds. The third-order valence-corrected chi connectivity index (χ3v) is 4.19. The molecule has 1 heterocycles. The second-order valence-electron chi connectivity index (χ2n) is 5.89. The van der Waals surface area contributed by atoms with E-state index in [-0.39, 0.29) is 0 Å². The molecular weight excluding hydrogens is 393 g/mol. The van der Waals surface area contributed by atoms with Crippen molar-refractivity contribution in [3.05, 3.63) is 76.9 Å². The minimum Gasteiger partial charge on any atom is -0.496 e. The van der Waals surface area contributed by atoms with E-state index in [1.54, 1.807) is 30.5 Å². The van der Waals surface area contributed by atoms with Crippen LogP contribution < -0.4 is 9.47 Å². The van der Waals surface area contributed by atoms with Gasteiger partial charge in [-0.25, -0.2) is 22.0 Å². The summed E-state index contributed by atoms with van der Waals surface area (Å²) in [5, 5.41) is 0. The fourth-order valence-corrected chi connectivity index (χ4v) is 2.67. The Morgan fingerprint density at radius 1 is 0.724 bits per heavy atom. The Balaban J connectivity index is 2.07. The molecule has 2 aromatic carbocycles. The van der Waals surface area contributed by atoms with Crippen LogP contribution in [0, 0.1) is 29.1 Å². The van der Waals surface area contributed by atoms with E-state index in [2.05, 4.69) is 4.98 Å². The van der Waals surface area contributed by atoms with E-state index >= 15 is 0 Å². The third-order valence-electron chi connectivity index (χ3n) is 4.19. The molecule has 0 N–H and O–H groups in total. The number of nitrogens with zero attached hydrogens (tertiary/aromatic N) is 1. The minimum atomic E-state index is -2.21. The lowest BCUT2D eigenvalue weighted by molar-refractivity contribution is 0.377. The first-order valence-corrected chi connectivity index (χ1v) is 8.24. The van der Waals surface area contributed by atoms with Crippen LogP contribution in [-0.4, -0.2) is 19.2 Å². The highest BCUT2D eigenvalue weighted by Crippen LogP contribution is 2.30. The summed E-state index contributed by atoms with van der Waals surface area (Å²) in [6.07, 6.45) is 5.12. The average molecular weight is 407 g/mol. The molecule has 0 spiro atoms. The van der Waals surface area contributed by atoms with Gasteiger partial charge in [-0.05, 0) is 29.8 Å². The van der Waals surface area contributed by atoms with E-state index in [9.17, 15) is 22.0 Å². The quantitative estimate of drug-likeness (QED) is 0.238. The highest BCUT2D eigenvalue weighted by Gasteiger charge is 2.24. The maximum Gasteiger partial charge on any atom is 0.200 e. The maximum absolute atomic E-state index is 13.9. The van der Waals surface area contributed by atoms with Crippen molar-refractivity contribution in [2.75, 3.05) is 14.2 Å². The van der Waals surface area contributed by atoms with Gasteiger partial charge in [0, 0.05) is 17.3 Å². The van der Waals surface area contributed by atoms with Gasteiger partial charge < -0.3 is 9.47 Å². The normalized spacial score (nSPS) is 11.1.